The van der Waals surface area contributed by atoms with Crippen LogP contribution in [0.25, 0.3) is 0 Å². The van der Waals surface area contributed by atoms with Crippen LogP contribution in [0.4, 0.5) is 0 Å². The van der Waals surface area contributed by atoms with E-state index in [1.807, 2.05) is 0 Å². The molecule has 3 fully saturated rings. The molecule has 17 unspecified atom stereocenters. The van der Waals surface area contributed by atoms with Gasteiger partial charge in [-0.15, -0.1) is 0 Å². The summed E-state index contributed by atoms with van der Waals surface area (Å²) in [7, 11) is 0. The predicted molar refractivity (Wildman–Crippen MR) is 323 cm³/mol. The third-order valence-electron chi connectivity index (χ3n) is 14.5. The fourth-order valence-corrected chi connectivity index (χ4v) is 9.44. The molecular weight excluding hydrogens is 1080 g/mol. The Bertz CT molecular complexity index is 2000. The van der Waals surface area contributed by atoms with E-state index >= 15 is 0 Å². The maximum atomic E-state index is 13.3. The molecule has 0 saturated carbocycles. The predicted octanol–water partition coefficient (Wildman–Crippen LogP) is 6.09. The van der Waals surface area contributed by atoms with Crippen LogP contribution in [0.3, 0.4) is 0 Å². The second-order valence-electron chi connectivity index (χ2n) is 21.4. The highest BCUT2D eigenvalue weighted by atomic mass is 16.8. The summed E-state index contributed by atoms with van der Waals surface area (Å²) in [6, 6.07) is -1.00. The molecule has 17 atom stereocenters. The van der Waals surface area contributed by atoms with Gasteiger partial charge in [-0.25, -0.2) is 0 Å². The van der Waals surface area contributed by atoms with Crippen LogP contribution in [0.1, 0.15) is 149 Å². The number of hydrogen-bond acceptors (Lipinski definition) is 18. The van der Waals surface area contributed by atoms with Crippen molar-refractivity contribution < 1.29 is 89.4 Å². The molecule has 3 heterocycles. The third-order valence-corrected chi connectivity index (χ3v) is 14.5. The molecule has 478 valence electrons. The molecule has 12 N–H and O–H groups in total. The van der Waals surface area contributed by atoms with Gasteiger partial charge in [0, 0.05) is 6.42 Å². The van der Waals surface area contributed by atoms with E-state index in [-0.39, 0.29) is 18.9 Å². The van der Waals surface area contributed by atoms with E-state index < -0.39 is 124 Å². The number of ether oxygens (including phenoxy) is 6. The molecular formula is C65H105NO18. The van der Waals surface area contributed by atoms with Crippen molar-refractivity contribution in [3.8, 4) is 0 Å². The Labute approximate surface area is 499 Å². The van der Waals surface area contributed by atoms with Gasteiger partial charge < -0.3 is 89.9 Å². The highest BCUT2D eigenvalue weighted by Gasteiger charge is 2.53. The number of allylic oxidation sites excluding steroid dienone is 19. The van der Waals surface area contributed by atoms with Gasteiger partial charge in [-0.05, 0) is 89.9 Å². The highest BCUT2D eigenvalue weighted by molar-refractivity contribution is 5.76. The molecule has 84 heavy (non-hydrogen) atoms. The molecule has 0 aromatic heterocycles. The number of hydrogen-bond donors (Lipinski definition) is 12. The summed E-state index contributed by atoms with van der Waals surface area (Å²) in [6.45, 7) is 1.45. The normalized spacial score (nSPS) is 30.0. The number of unbranched alkanes of at least 4 members (excludes halogenated alkanes) is 9. The average molecular weight is 1190 g/mol. The van der Waals surface area contributed by atoms with Crippen molar-refractivity contribution in [1.29, 1.82) is 0 Å². The molecule has 0 bridgehead atoms. The smallest absolute Gasteiger partial charge is 0.220 e. The van der Waals surface area contributed by atoms with Crippen LogP contribution in [0.2, 0.25) is 0 Å². The number of aliphatic hydroxyl groups is 11. The van der Waals surface area contributed by atoms with Gasteiger partial charge in [0.15, 0.2) is 18.9 Å². The summed E-state index contributed by atoms with van der Waals surface area (Å²) >= 11 is 0. The Hall–Kier alpha value is -3.81. The molecule has 0 spiro atoms. The van der Waals surface area contributed by atoms with Crippen molar-refractivity contribution in [2.24, 2.45) is 0 Å². The van der Waals surface area contributed by atoms with E-state index in [1.54, 1.807) is 12.2 Å². The summed E-state index contributed by atoms with van der Waals surface area (Å²) in [5.74, 6) is -0.312. The van der Waals surface area contributed by atoms with Crippen LogP contribution in [0, 0.1) is 0 Å². The Morgan fingerprint density at radius 3 is 1.33 bits per heavy atom. The van der Waals surface area contributed by atoms with Crippen molar-refractivity contribution in [2.75, 3.05) is 26.4 Å². The van der Waals surface area contributed by atoms with Crippen LogP contribution < -0.4 is 5.32 Å². The summed E-state index contributed by atoms with van der Waals surface area (Å²) in [6.07, 6.45) is 35.1. The van der Waals surface area contributed by atoms with Gasteiger partial charge in [0.2, 0.25) is 5.91 Å². The largest absolute Gasteiger partial charge is 0.394 e. The first kappa shape index (κ1) is 74.4. The molecule has 1 amide bonds. The zero-order valence-corrected chi connectivity index (χ0v) is 49.8. The van der Waals surface area contributed by atoms with Gasteiger partial charge in [0.05, 0.1) is 38.6 Å². The minimum absolute atomic E-state index is 0.209. The van der Waals surface area contributed by atoms with Gasteiger partial charge >= 0.3 is 0 Å². The minimum atomic E-state index is -1.99. The lowest BCUT2D eigenvalue weighted by Crippen LogP contribution is -2.66. The number of nitrogens with one attached hydrogen (secondary N) is 1. The molecule has 3 saturated heterocycles. The van der Waals surface area contributed by atoms with Crippen LogP contribution in [-0.2, 0) is 33.2 Å². The van der Waals surface area contributed by atoms with Crippen LogP contribution >= 0.6 is 0 Å². The number of rotatable bonds is 43. The number of aliphatic hydroxyl groups excluding tert-OH is 11. The van der Waals surface area contributed by atoms with E-state index in [2.05, 4.69) is 129 Å². The van der Waals surface area contributed by atoms with E-state index in [1.165, 1.54) is 0 Å². The average Bonchev–Trinajstić information content (AvgIpc) is 2.91. The molecule has 0 aliphatic carbocycles. The standard InChI is InChI=1S/C65H105NO18/c1-3-5-7-9-11-13-14-15-16-17-18-19-20-21-22-23-24-25-26-27-28-29-30-31-32-33-34-35-37-39-41-43-53(71)66-48(49(70)42-40-38-36-12-10-8-6-4-2)47-79-63-59(77)56(74)61(51(45-68)81-63)84-65-60(78)57(75)62(52(46-69)82-65)83-64-58(76)55(73)54(72)50(44-67)80-64/h5,7,10-13,15-16,18-19,21-22,24-25,27-28,30-31,40,42,48-52,54-65,67-70,72-78H,3-4,6,8-9,14,17,20,23,26,29,32-39,41,43-47H2,1-2H3,(H,66,71)/b7-5-,12-10+,13-11-,16-15-,19-18-,22-21-,25-24-,28-27-,31-30-,42-40+. The molecule has 3 rings (SSSR count). The Kier molecular flexibility index (Phi) is 41.1. The van der Waals surface area contributed by atoms with Crippen molar-refractivity contribution in [2.45, 2.75) is 253 Å². The van der Waals surface area contributed by atoms with E-state index in [9.17, 15) is 61.0 Å². The second kappa shape index (κ2) is 46.4. The van der Waals surface area contributed by atoms with Gasteiger partial charge in [-0.1, -0.05) is 174 Å². The number of carbonyl (C=O) groups excluding carboxylic acids is 1. The quantitative estimate of drug-likeness (QED) is 0.0243. The fourth-order valence-electron chi connectivity index (χ4n) is 9.44. The van der Waals surface area contributed by atoms with E-state index in [4.69, 9.17) is 28.4 Å². The van der Waals surface area contributed by atoms with Crippen molar-refractivity contribution in [3.05, 3.63) is 122 Å². The second-order valence-corrected chi connectivity index (χ2v) is 21.4. The SMILES string of the molecule is CC/C=C\C/C=C\C/C=C\C/C=C\C/C=C\C/C=C\C/C=C\C/C=C\CCCCCCCCC(=O)NC(COC1OC(CO)C(OC2OC(CO)C(OC3OC(CO)C(O)C(O)C3O)C(O)C2O)C(O)C1O)C(O)/C=C/CC/C=C/CCCC. The maximum Gasteiger partial charge on any atom is 0.220 e. The molecule has 3 aliphatic heterocycles. The van der Waals surface area contributed by atoms with Crippen LogP contribution in [-0.4, -0.2) is 193 Å². The molecule has 0 radical (unpaired) electrons. The minimum Gasteiger partial charge on any atom is -0.394 e. The summed E-state index contributed by atoms with van der Waals surface area (Å²) < 4.78 is 34.1. The van der Waals surface area contributed by atoms with Gasteiger partial charge in [0.25, 0.3) is 0 Å². The van der Waals surface area contributed by atoms with E-state index in [0.717, 1.165) is 116 Å². The first-order chi connectivity index (χ1) is 40.8. The zero-order valence-electron chi connectivity index (χ0n) is 49.8. The molecule has 3 aliphatic rings. The van der Waals surface area contributed by atoms with Crippen molar-refractivity contribution >= 4 is 5.91 Å². The topological polar surface area (TPSA) is 307 Å². The Morgan fingerprint density at radius 1 is 0.440 bits per heavy atom. The monoisotopic (exact) mass is 1190 g/mol. The lowest BCUT2D eigenvalue weighted by Gasteiger charge is -2.48. The summed E-state index contributed by atoms with van der Waals surface area (Å²) in [5.41, 5.74) is 0. The molecule has 19 heteroatoms. The number of amides is 1. The van der Waals surface area contributed by atoms with Gasteiger partial charge in [0.1, 0.15) is 73.2 Å². The first-order valence-corrected chi connectivity index (χ1v) is 30.8. The Balaban J connectivity index is 1.39. The lowest BCUT2D eigenvalue weighted by molar-refractivity contribution is -0.379. The number of carbonyl (C=O) groups is 1. The van der Waals surface area contributed by atoms with Crippen LogP contribution in [0.15, 0.2) is 122 Å². The van der Waals surface area contributed by atoms with Gasteiger partial charge in [-0.3, -0.25) is 4.79 Å². The van der Waals surface area contributed by atoms with Crippen LogP contribution in [0.5, 0.6) is 0 Å². The third kappa shape index (κ3) is 29.3. The zero-order chi connectivity index (χ0) is 61.2. The maximum absolute atomic E-state index is 13.3. The van der Waals surface area contributed by atoms with E-state index in [0.29, 0.717) is 12.8 Å². The molecule has 0 aromatic carbocycles. The molecule has 19 nitrogen and oxygen atoms in total. The highest BCUT2D eigenvalue weighted by Crippen LogP contribution is 2.33. The fraction of sp³-hybridized carbons (Fsp3) is 0.677. The van der Waals surface area contributed by atoms with Crippen molar-refractivity contribution in [3.63, 3.8) is 0 Å². The Morgan fingerprint density at radius 2 is 0.833 bits per heavy atom. The summed E-state index contributed by atoms with van der Waals surface area (Å²) in [4.78, 5) is 13.3. The van der Waals surface area contributed by atoms with Gasteiger partial charge in [-0.2, -0.15) is 0 Å². The molecule has 0 aromatic rings. The van der Waals surface area contributed by atoms with Crippen molar-refractivity contribution in [1.82, 2.24) is 5.32 Å². The lowest BCUT2D eigenvalue weighted by atomic mass is 9.96. The summed E-state index contributed by atoms with van der Waals surface area (Å²) in [5, 5.41) is 120. The first-order valence-electron chi connectivity index (χ1n) is 30.8.